The molecule has 1 heterocycles. The van der Waals surface area contributed by atoms with Crippen LogP contribution in [0.5, 0.6) is 5.75 Å². The first kappa shape index (κ1) is 12.0. The van der Waals surface area contributed by atoms with Crippen LogP contribution < -0.4 is 4.74 Å². The van der Waals surface area contributed by atoms with E-state index in [-0.39, 0.29) is 6.61 Å². The number of rotatable bonds is 5. The minimum Gasteiger partial charge on any atom is -0.479 e. The normalized spacial score (nSPS) is 10.6. The maximum Gasteiger partial charge on any atom is 0.341 e. The molecule has 0 unspecified atom stereocenters. The van der Waals surface area contributed by atoms with Gasteiger partial charge in [-0.05, 0) is 18.1 Å². The highest BCUT2D eigenvalue weighted by atomic mass is 79.9. The molecule has 0 radical (unpaired) electrons. The zero-order chi connectivity index (χ0) is 12.3. The molecule has 1 aromatic carbocycles. The molecule has 0 amide bonds. The molecule has 2 rings (SSSR count). The van der Waals surface area contributed by atoms with Crippen molar-refractivity contribution in [3.8, 4) is 5.75 Å². The molecule has 0 atom stereocenters. The summed E-state index contributed by atoms with van der Waals surface area (Å²) in [5.74, 6) is -0.542. The van der Waals surface area contributed by atoms with Gasteiger partial charge in [-0.25, -0.2) is 4.79 Å². The molecule has 0 saturated heterocycles. The third kappa shape index (κ3) is 2.61. The molecule has 5 heteroatoms. The van der Waals surface area contributed by atoms with E-state index in [0.29, 0.717) is 11.3 Å². The van der Waals surface area contributed by atoms with Crippen molar-refractivity contribution in [1.82, 2.24) is 0 Å². The number of carboxylic acids is 1. The Balaban J connectivity index is 2.34. The van der Waals surface area contributed by atoms with E-state index in [1.54, 1.807) is 12.3 Å². The highest BCUT2D eigenvalue weighted by Crippen LogP contribution is 2.30. The average Bonchev–Trinajstić information content (AvgIpc) is 2.71. The number of fused-ring (bicyclic) bond motifs is 1. The highest BCUT2D eigenvalue weighted by Gasteiger charge is 2.11. The summed E-state index contributed by atoms with van der Waals surface area (Å²) in [6.45, 7) is -0.367. The fourth-order valence-electron chi connectivity index (χ4n) is 1.63. The van der Waals surface area contributed by atoms with Gasteiger partial charge in [0.1, 0.15) is 0 Å². The molecule has 1 aromatic heterocycles. The molecule has 0 bridgehead atoms. The third-order valence-corrected chi connectivity index (χ3v) is 2.76. The zero-order valence-electron chi connectivity index (χ0n) is 8.98. The van der Waals surface area contributed by atoms with E-state index >= 15 is 0 Å². The Morgan fingerprint density at radius 3 is 3.00 bits per heavy atom. The Kier molecular flexibility index (Phi) is 3.68. The van der Waals surface area contributed by atoms with Gasteiger partial charge >= 0.3 is 5.97 Å². The molecule has 0 aliphatic heterocycles. The van der Waals surface area contributed by atoms with E-state index < -0.39 is 5.97 Å². The number of aryl methyl sites for hydroxylation is 1. The van der Waals surface area contributed by atoms with Gasteiger partial charge in [-0.1, -0.05) is 28.1 Å². The second-order valence-corrected chi connectivity index (χ2v) is 4.31. The topological polar surface area (TPSA) is 59.7 Å². The van der Waals surface area contributed by atoms with Crippen LogP contribution in [0.15, 0.2) is 28.9 Å². The molecule has 17 heavy (non-hydrogen) atoms. The standard InChI is InChI=1S/C12H11BrO4/c13-5-4-8-6-17-12-9(8)2-1-3-10(12)16-7-11(14)15/h1-3,6H,4-5,7H2,(H,14,15). The fraction of sp³-hybridized carbons (Fsp3) is 0.250. The minimum atomic E-state index is -1.01. The lowest BCUT2D eigenvalue weighted by Gasteiger charge is -2.03. The number of carbonyl (C=O) groups is 1. The van der Waals surface area contributed by atoms with Crippen LogP contribution in [-0.2, 0) is 11.2 Å². The summed E-state index contributed by atoms with van der Waals surface area (Å²) in [4.78, 5) is 10.5. The van der Waals surface area contributed by atoms with Crippen molar-refractivity contribution >= 4 is 32.9 Å². The number of hydrogen-bond donors (Lipinski definition) is 1. The summed E-state index contributed by atoms with van der Waals surface area (Å²) in [6, 6.07) is 5.46. The predicted molar refractivity (Wildman–Crippen MR) is 66.8 cm³/mol. The maximum absolute atomic E-state index is 10.5. The van der Waals surface area contributed by atoms with Crippen molar-refractivity contribution in [2.24, 2.45) is 0 Å². The summed E-state index contributed by atoms with van der Waals surface area (Å²) < 4.78 is 10.6. The summed E-state index contributed by atoms with van der Waals surface area (Å²) in [7, 11) is 0. The van der Waals surface area contributed by atoms with Crippen LogP contribution in [-0.4, -0.2) is 23.0 Å². The van der Waals surface area contributed by atoms with Crippen molar-refractivity contribution in [1.29, 1.82) is 0 Å². The molecule has 2 aromatic rings. The smallest absolute Gasteiger partial charge is 0.341 e. The van der Waals surface area contributed by atoms with Gasteiger partial charge in [0.25, 0.3) is 0 Å². The molecule has 0 spiro atoms. The number of carboxylic acid groups (broad SMARTS) is 1. The monoisotopic (exact) mass is 298 g/mol. The maximum atomic E-state index is 10.5. The van der Waals surface area contributed by atoms with E-state index in [1.807, 2.05) is 12.1 Å². The lowest BCUT2D eigenvalue weighted by atomic mass is 10.1. The Bertz CT molecular complexity index is 532. The highest BCUT2D eigenvalue weighted by molar-refractivity contribution is 9.09. The van der Waals surface area contributed by atoms with Gasteiger partial charge in [0, 0.05) is 10.7 Å². The van der Waals surface area contributed by atoms with Crippen LogP contribution >= 0.6 is 15.9 Å². The number of aliphatic carboxylic acids is 1. The van der Waals surface area contributed by atoms with E-state index in [1.165, 1.54) is 0 Å². The van der Waals surface area contributed by atoms with Crippen LogP contribution in [0.25, 0.3) is 11.0 Å². The van der Waals surface area contributed by atoms with E-state index in [4.69, 9.17) is 14.3 Å². The predicted octanol–water partition coefficient (Wildman–Crippen LogP) is 2.83. The quantitative estimate of drug-likeness (QED) is 0.862. The number of para-hydroxylation sites is 1. The first-order valence-corrected chi connectivity index (χ1v) is 6.24. The van der Waals surface area contributed by atoms with E-state index in [9.17, 15) is 4.79 Å². The van der Waals surface area contributed by atoms with E-state index in [0.717, 1.165) is 22.7 Å². The van der Waals surface area contributed by atoms with Crippen molar-refractivity contribution in [3.63, 3.8) is 0 Å². The van der Waals surface area contributed by atoms with Crippen LogP contribution in [0.3, 0.4) is 0 Å². The summed E-state index contributed by atoms with van der Waals surface area (Å²) >= 11 is 3.37. The molecule has 90 valence electrons. The molecular weight excluding hydrogens is 288 g/mol. The molecule has 0 saturated carbocycles. The number of alkyl halides is 1. The summed E-state index contributed by atoms with van der Waals surface area (Å²) in [5.41, 5.74) is 1.68. The minimum absolute atomic E-state index is 0.367. The van der Waals surface area contributed by atoms with Gasteiger partial charge in [0.15, 0.2) is 17.9 Å². The first-order valence-electron chi connectivity index (χ1n) is 5.12. The third-order valence-electron chi connectivity index (χ3n) is 2.36. The Morgan fingerprint density at radius 2 is 2.29 bits per heavy atom. The molecule has 0 aliphatic rings. The molecule has 4 nitrogen and oxygen atoms in total. The average molecular weight is 299 g/mol. The van der Waals surface area contributed by atoms with Crippen molar-refractivity contribution < 1.29 is 19.1 Å². The number of furan rings is 1. The van der Waals surface area contributed by atoms with Crippen molar-refractivity contribution in [2.45, 2.75) is 6.42 Å². The van der Waals surface area contributed by atoms with Gasteiger partial charge < -0.3 is 14.3 Å². The second kappa shape index (κ2) is 5.23. The van der Waals surface area contributed by atoms with Gasteiger partial charge in [-0.3, -0.25) is 0 Å². The van der Waals surface area contributed by atoms with Gasteiger partial charge in [0.2, 0.25) is 0 Å². The van der Waals surface area contributed by atoms with Crippen LogP contribution in [0.4, 0.5) is 0 Å². The van der Waals surface area contributed by atoms with Crippen molar-refractivity contribution in [3.05, 3.63) is 30.0 Å². The number of hydrogen-bond acceptors (Lipinski definition) is 3. The van der Waals surface area contributed by atoms with Crippen LogP contribution in [0.1, 0.15) is 5.56 Å². The fourth-order valence-corrected chi connectivity index (χ4v) is 2.06. The first-order chi connectivity index (χ1) is 8.22. The second-order valence-electron chi connectivity index (χ2n) is 3.52. The largest absolute Gasteiger partial charge is 0.479 e. The number of benzene rings is 1. The van der Waals surface area contributed by atoms with E-state index in [2.05, 4.69) is 15.9 Å². The summed E-state index contributed by atoms with van der Waals surface area (Å²) in [5, 5.41) is 10.4. The SMILES string of the molecule is O=C(O)COc1cccc2c(CCBr)coc12. The Morgan fingerprint density at radius 1 is 1.47 bits per heavy atom. The number of halogens is 1. The number of ether oxygens (including phenoxy) is 1. The molecule has 0 fully saturated rings. The molecular formula is C12H11BrO4. The van der Waals surface area contributed by atoms with Crippen LogP contribution in [0, 0.1) is 0 Å². The lowest BCUT2D eigenvalue weighted by Crippen LogP contribution is -2.09. The Labute approximate surface area is 106 Å². The molecule has 1 N–H and O–H groups in total. The lowest BCUT2D eigenvalue weighted by molar-refractivity contribution is -0.139. The van der Waals surface area contributed by atoms with Crippen molar-refractivity contribution in [2.75, 3.05) is 11.9 Å². The van der Waals surface area contributed by atoms with Gasteiger partial charge in [0.05, 0.1) is 6.26 Å². The van der Waals surface area contributed by atoms with Gasteiger partial charge in [-0.2, -0.15) is 0 Å². The zero-order valence-corrected chi connectivity index (χ0v) is 10.6. The Hall–Kier alpha value is -1.49. The summed E-state index contributed by atoms with van der Waals surface area (Å²) in [6.07, 6.45) is 2.54. The molecule has 0 aliphatic carbocycles. The van der Waals surface area contributed by atoms with Crippen LogP contribution in [0.2, 0.25) is 0 Å². The van der Waals surface area contributed by atoms with Gasteiger partial charge in [-0.15, -0.1) is 0 Å².